The van der Waals surface area contributed by atoms with Gasteiger partial charge in [0.25, 0.3) is 5.91 Å². The minimum Gasteiger partial charge on any atom is -0.496 e. The first-order valence-electron chi connectivity index (χ1n) is 12.6. The summed E-state index contributed by atoms with van der Waals surface area (Å²) in [6.45, 7) is 0.0863. The van der Waals surface area contributed by atoms with Gasteiger partial charge in [0, 0.05) is 11.6 Å². The number of para-hydroxylation sites is 1. The van der Waals surface area contributed by atoms with Crippen LogP contribution in [0.15, 0.2) is 59.2 Å². The number of hydrogen-bond acceptors (Lipinski definition) is 7. The van der Waals surface area contributed by atoms with E-state index in [1.807, 2.05) is 24.3 Å². The van der Waals surface area contributed by atoms with Crippen molar-refractivity contribution < 1.29 is 33.0 Å². The summed E-state index contributed by atoms with van der Waals surface area (Å²) in [6.07, 6.45) is 5.33. The van der Waals surface area contributed by atoms with Crippen LogP contribution in [0.3, 0.4) is 0 Å². The first-order chi connectivity index (χ1) is 18.5. The Morgan fingerprint density at radius 1 is 0.921 bits per heavy atom. The van der Waals surface area contributed by atoms with Gasteiger partial charge in [0.15, 0.2) is 17.3 Å². The first kappa shape index (κ1) is 26.9. The summed E-state index contributed by atoms with van der Waals surface area (Å²) in [5, 5.41) is 3.17. The van der Waals surface area contributed by atoms with E-state index in [1.165, 1.54) is 32.5 Å². The maximum Gasteiger partial charge on any atom is 0.290 e. The summed E-state index contributed by atoms with van der Waals surface area (Å²) in [7, 11) is 6.10. The minimum atomic E-state index is -1.04. The van der Waals surface area contributed by atoms with E-state index in [0.29, 0.717) is 28.6 Å². The van der Waals surface area contributed by atoms with Crippen molar-refractivity contribution in [3.63, 3.8) is 0 Å². The molecule has 0 saturated heterocycles. The summed E-state index contributed by atoms with van der Waals surface area (Å²) >= 11 is 0. The number of carbonyl (C=O) groups is 2. The van der Waals surface area contributed by atoms with Gasteiger partial charge in [-0.3, -0.25) is 9.59 Å². The molecular weight excluding hydrogens is 488 g/mol. The van der Waals surface area contributed by atoms with Gasteiger partial charge < -0.3 is 33.6 Å². The third-order valence-electron chi connectivity index (χ3n) is 6.79. The molecule has 1 N–H and O–H groups in total. The number of furan rings is 1. The zero-order chi connectivity index (χ0) is 27.1. The Morgan fingerprint density at radius 3 is 2.16 bits per heavy atom. The predicted molar refractivity (Wildman–Crippen MR) is 141 cm³/mol. The van der Waals surface area contributed by atoms with E-state index < -0.39 is 11.9 Å². The molecule has 1 fully saturated rings. The Balaban J connectivity index is 1.87. The number of ether oxygens (including phenoxy) is 4. The van der Waals surface area contributed by atoms with Crippen molar-refractivity contribution in [2.75, 3.05) is 28.4 Å². The van der Waals surface area contributed by atoms with Crippen molar-refractivity contribution in [1.29, 1.82) is 0 Å². The topological polar surface area (TPSA) is 99.5 Å². The van der Waals surface area contributed by atoms with Gasteiger partial charge >= 0.3 is 0 Å². The van der Waals surface area contributed by atoms with Gasteiger partial charge in [-0.25, -0.2) is 0 Å². The lowest BCUT2D eigenvalue weighted by Gasteiger charge is -2.32. The molecule has 202 valence electrons. The Bertz CT molecular complexity index is 1210. The van der Waals surface area contributed by atoms with Crippen molar-refractivity contribution in [1.82, 2.24) is 10.2 Å². The van der Waals surface area contributed by atoms with Crippen LogP contribution in [0.5, 0.6) is 23.0 Å². The average molecular weight is 523 g/mol. The number of hydrogen-bond donors (Lipinski definition) is 1. The number of methoxy groups -OCH3 is 4. The van der Waals surface area contributed by atoms with Crippen molar-refractivity contribution in [3.05, 3.63) is 71.7 Å². The predicted octanol–water partition coefficient (Wildman–Crippen LogP) is 4.76. The maximum atomic E-state index is 14.0. The Kier molecular flexibility index (Phi) is 8.78. The summed E-state index contributed by atoms with van der Waals surface area (Å²) in [4.78, 5) is 29.4. The standard InChI is InChI=1S/C29H34N2O7/c1-34-22-13-8-5-10-19(22)18-31(29(33)23-14-9-15-38-23)26(28(32)30-21-11-6-7-12-21)20-16-24(35-2)27(37-4)25(17-20)36-3/h5,8-10,13-17,21,26H,6-7,11-12,18H2,1-4H3,(H,30,32)/t26-/m0/s1. The smallest absolute Gasteiger partial charge is 0.290 e. The fraction of sp³-hybridized carbons (Fsp3) is 0.379. The summed E-state index contributed by atoms with van der Waals surface area (Å²) in [6, 6.07) is 13.0. The molecular formula is C29H34N2O7. The molecule has 3 aromatic rings. The Hall–Kier alpha value is -4.14. The highest BCUT2D eigenvalue weighted by molar-refractivity contribution is 5.96. The maximum absolute atomic E-state index is 14.0. The van der Waals surface area contributed by atoms with Gasteiger partial charge in [0.2, 0.25) is 11.7 Å². The lowest BCUT2D eigenvalue weighted by molar-refractivity contribution is -0.126. The molecule has 2 aromatic carbocycles. The zero-order valence-electron chi connectivity index (χ0n) is 22.2. The second-order valence-electron chi connectivity index (χ2n) is 9.07. The summed E-state index contributed by atoms with van der Waals surface area (Å²) in [5.41, 5.74) is 1.24. The molecule has 1 aliphatic rings. The number of rotatable bonds is 11. The molecule has 9 heteroatoms. The van der Waals surface area contributed by atoms with Crippen LogP contribution in [0.25, 0.3) is 0 Å². The average Bonchev–Trinajstić information content (AvgIpc) is 3.67. The van der Waals surface area contributed by atoms with E-state index in [-0.39, 0.29) is 24.3 Å². The van der Waals surface area contributed by atoms with Gasteiger partial charge in [-0.05, 0) is 48.7 Å². The molecule has 1 aromatic heterocycles. The summed E-state index contributed by atoms with van der Waals surface area (Å²) in [5.74, 6) is 1.12. The van der Waals surface area contributed by atoms with Gasteiger partial charge in [0.1, 0.15) is 11.8 Å². The van der Waals surface area contributed by atoms with Crippen molar-refractivity contribution in [2.24, 2.45) is 0 Å². The summed E-state index contributed by atoms with van der Waals surface area (Å²) < 4.78 is 27.7. The largest absolute Gasteiger partial charge is 0.496 e. The number of nitrogens with zero attached hydrogens (tertiary/aromatic N) is 1. The van der Waals surface area contributed by atoms with Crippen LogP contribution < -0.4 is 24.3 Å². The van der Waals surface area contributed by atoms with E-state index >= 15 is 0 Å². The molecule has 1 atom stereocenters. The lowest BCUT2D eigenvalue weighted by Crippen LogP contribution is -2.45. The normalized spacial score (nSPS) is 14.0. The van der Waals surface area contributed by atoms with Crippen molar-refractivity contribution in [2.45, 2.75) is 44.3 Å². The third kappa shape index (κ3) is 5.72. The van der Waals surface area contributed by atoms with Crippen molar-refractivity contribution >= 4 is 11.8 Å². The molecule has 0 unspecified atom stereocenters. The number of carbonyl (C=O) groups excluding carboxylic acids is 2. The van der Waals surface area contributed by atoms with Crippen molar-refractivity contribution in [3.8, 4) is 23.0 Å². The molecule has 0 aliphatic heterocycles. The Morgan fingerprint density at radius 2 is 1.58 bits per heavy atom. The van der Waals surface area contributed by atoms with Crippen LogP contribution in [0, 0.1) is 0 Å². The zero-order valence-corrected chi connectivity index (χ0v) is 22.2. The van der Waals surface area contributed by atoms with E-state index in [0.717, 1.165) is 31.2 Å². The van der Waals surface area contributed by atoms with E-state index in [4.69, 9.17) is 23.4 Å². The molecule has 38 heavy (non-hydrogen) atoms. The molecule has 1 saturated carbocycles. The van der Waals surface area contributed by atoms with Gasteiger partial charge in [-0.2, -0.15) is 0 Å². The molecule has 1 heterocycles. The highest BCUT2D eigenvalue weighted by Gasteiger charge is 2.36. The fourth-order valence-electron chi connectivity index (χ4n) is 4.92. The molecule has 1 aliphatic carbocycles. The van der Waals surface area contributed by atoms with Gasteiger partial charge in [-0.1, -0.05) is 31.0 Å². The first-order valence-corrected chi connectivity index (χ1v) is 12.6. The monoisotopic (exact) mass is 522 g/mol. The SMILES string of the molecule is COc1ccccc1CN(C(=O)c1ccco1)[C@H](C(=O)NC1CCCC1)c1cc(OC)c(OC)c(OC)c1. The third-order valence-corrected chi connectivity index (χ3v) is 6.79. The van der Waals surface area contributed by atoms with Crippen LogP contribution in [0.1, 0.15) is 53.4 Å². The van der Waals surface area contributed by atoms with E-state index in [2.05, 4.69) is 5.32 Å². The molecule has 9 nitrogen and oxygen atoms in total. The fourth-order valence-corrected chi connectivity index (χ4v) is 4.92. The molecule has 0 bridgehead atoms. The number of amides is 2. The van der Waals surface area contributed by atoms with E-state index in [1.54, 1.807) is 31.4 Å². The second-order valence-corrected chi connectivity index (χ2v) is 9.07. The highest BCUT2D eigenvalue weighted by Crippen LogP contribution is 2.41. The van der Waals surface area contributed by atoms with Crippen LogP contribution in [0.2, 0.25) is 0 Å². The lowest BCUT2D eigenvalue weighted by atomic mass is 10.0. The van der Waals surface area contributed by atoms with E-state index in [9.17, 15) is 9.59 Å². The number of nitrogens with one attached hydrogen (secondary N) is 1. The highest BCUT2D eigenvalue weighted by atomic mass is 16.5. The molecule has 2 amide bonds. The van der Waals surface area contributed by atoms with Crippen LogP contribution in [-0.2, 0) is 11.3 Å². The molecule has 0 radical (unpaired) electrons. The van der Waals surface area contributed by atoms with Crippen LogP contribution in [-0.4, -0.2) is 51.2 Å². The second kappa shape index (κ2) is 12.4. The van der Waals surface area contributed by atoms with Crippen LogP contribution in [0.4, 0.5) is 0 Å². The number of benzene rings is 2. The minimum absolute atomic E-state index is 0.0406. The van der Waals surface area contributed by atoms with Gasteiger partial charge in [-0.15, -0.1) is 0 Å². The molecule has 4 rings (SSSR count). The Labute approximate surface area is 222 Å². The quantitative estimate of drug-likeness (QED) is 0.388. The molecule has 0 spiro atoms. The van der Waals surface area contributed by atoms with Gasteiger partial charge in [0.05, 0.1) is 41.2 Å². The van der Waals surface area contributed by atoms with Crippen LogP contribution >= 0.6 is 0 Å².